The van der Waals surface area contributed by atoms with E-state index in [0.29, 0.717) is 6.10 Å². The van der Waals surface area contributed by atoms with Gasteiger partial charge in [-0.1, -0.05) is 19.8 Å². The van der Waals surface area contributed by atoms with E-state index in [1.807, 2.05) is 0 Å². The van der Waals surface area contributed by atoms with Crippen LogP contribution in [0.3, 0.4) is 0 Å². The maximum atomic E-state index is 5.58. The van der Waals surface area contributed by atoms with Crippen LogP contribution in [0, 0.1) is 0 Å². The number of unbranched alkanes of at least 4 members (excludes halogenated alkanes) is 1. The molecule has 0 saturated carbocycles. The van der Waals surface area contributed by atoms with Crippen molar-refractivity contribution in [2.75, 3.05) is 6.61 Å². The Hall–Kier alpha value is -0.0800. The minimum absolute atomic E-state index is 0. The summed E-state index contributed by atoms with van der Waals surface area (Å²) in [5.41, 5.74) is 0. The Morgan fingerprint density at radius 2 is 2.18 bits per heavy atom. The Balaban J connectivity index is 0.000001000. The Labute approximate surface area is 69.9 Å². The van der Waals surface area contributed by atoms with Crippen LogP contribution in [-0.4, -0.2) is 12.7 Å². The number of rotatable bonds is 3. The van der Waals surface area contributed by atoms with Crippen molar-refractivity contribution in [3.8, 4) is 0 Å². The lowest BCUT2D eigenvalue weighted by molar-refractivity contribution is 0.0100. The van der Waals surface area contributed by atoms with Gasteiger partial charge in [0.25, 0.3) is 0 Å². The molecule has 0 amide bonds. The molecule has 68 valence electrons. The van der Waals surface area contributed by atoms with E-state index in [4.69, 9.17) is 4.74 Å². The van der Waals surface area contributed by atoms with Gasteiger partial charge >= 0.3 is 0 Å². The first-order chi connectivity index (χ1) is 4.93. The van der Waals surface area contributed by atoms with Gasteiger partial charge in [-0.25, -0.2) is 0 Å². The third-order valence-corrected chi connectivity index (χ3v) is 2.15. The lowest BCUT2D eigenvalue weighted by Crippen LogP contribution is -2.18. The Kier molecular flexibility index (Phi) is 6.57. The van der Waals surface area contributed by atoms with E-state index in [0.717, 1.165) is 6.61 Å². The molecule has 1 aliphatic heterocycles. The van der Waals surface area contributed by atoms with Crippen LogP contribution in [-0.2, 0) is 4.74 Å². The molecule has 3 N–H and O–H groups in total. The molecule has 11 heavy (non-hydrogen) atoms. The topological polar surface area (TPSA) is 44.2 Å². The molecule has 0 bridgehead atoms. The zero-order valence-corrected chi connectivity index (χ0v) is 7.64. The molecule has 2 nitrogen and oxygen atoms in total. The Bertz CT molecular complexity index is 79.6. The van der Waals surface area contributed by atoms with E-state index in [9.17, 15) is 0 Å². The predicted octanol–water partition coefficient (Wildman–Crippen LogP) is 2.91. The standard InChI is InChI=1S/C9H18O.H3N/c1-2-3-6-9-7-4-5-8-10-9;/h9H,2-8H2,1H3;1H3. The fourth-order valence-corrected chi connectivity index (χ4v) is 1.47. The van der Waals surface area contributed by atoms with E-state index in [1.165, 1.54) is 38.5 Å². The largest absolute Gasteiger partial charge is 0.378 e. The van der Waals surface area contributed by atoms with Crippen molar-refractivity contribution in [1.29, 1.82) is 0 Å². The molecule has 0 aromatic heterocycles. The van der Waals surface area contributed by atoms with E-state index in [2.05, 4.69) is 6.92 Å². The summed E-state index contributed by atoms with van der Waals surface area (Å²) in [6.07, 6.45) is 8.51. The van der Waals surface area contributed by atoms with E-state index in [-0.39, 0.29) is 6.15 Å². The molecule has 0 aromatic rings. The smallest absolute Gasteiger partial charge is 0.0575 e. The van der Waals surface area contributed by atoms with Gasteiger partial charge in [0.05, 0.1) is 6.10 Å². The van der Waals surface area contributed by atoms with Crippen LogP contribution in [0.2, 0.25) is 0 Å². The van der Waals surface area contributed by atoms with Crippen LogP contribution in [0.15, 0.2) is 0 Å². The molecule has 2 heteroatoms. The van der Waals surface area contributed by atoms with E-state index < -0.39 is 0 Å². The number of hydrogen-bond acceptors (Lipinski definition) is 2. The van der Waals surface area contributed by atoms with Crippen molar-refractivity contribution in [3.05, 3.63) is 0 Å². The third-order valence-electron chi connectivity index (χ3n) is 2.15. The van der Waals surface area contributed by atoms with Crippen molar-refractivity contribution in [2.45, 2.75) is 51.6 Å². The van der Waals surface area contributed by atoms with Gasteiger partial charge in [0.2, 0.25) is 0 Å². The molecule has 0 radical (unpaired) electrons. The van der Waals surface area contributed by atoms with Gasteiger partial charge in [-0.3, -0.25) is 0 Å². The number of ether oxygens (including phenoxy) is 1. The number of hydrogen-bond donors (Lipinski definition) is 1. The van der Waals surface area contributed by atoms with Crippen molar-refractivity contribution in [1.82, 2.24) is 6.15 Å². The molecule has 1 heterocycles. The normalized spacial score (nSPS) is 24.3. The fourth-order valence-electron chi connectivity index (χ4n) is 1.47. The second-order valence-electron chi connectivity index (χ2n) is 3.13. The Morgan fingerprint density at radius 3 is 2.73 bits per heavy atom. The minimum atomic E-state index is 0. The van der Waals surface area contributed by atoms with Gasteiger partial charge in [-0.15, -0.1) is 0 Å². The maximum absolute atomic E-state index is 5.58. The molecule has 0 spiro atoms. The summed E-state index contributed by atoms with van der Waals surface area (Å²) < 4.78 is 5.58. The average molecular weight is 159 g/mol. The predicted molar refractivity (Wildman–Crippen MR) is 48.1 cm³/mol. The van der Waals surface area contributed by atoms with Crippen molar-refractivity contribution >= 4 is 0 Å². The molecule has 0 aliphatic carbocycles. The van der Waals surface area contributed by atoms with Crippen molar-refractivity contribution in [3.63, 3.8) is 0 Å². The summed E-state index contributed by atoms with van der Waals surface area (Å²) in [4.78, 5) is 0. The van der Waals surface area contributed by atoms with E-state index in [1.54, 1.807) is 0 Å². The second kappa shape index (κ2) is 6.62. The fraction of sp³-hybridized carbons (Fsp3) is 1.00. The summed E-state index contributed by atoms with van der Waals surface area (Å²) in [6.45, 7) is 3.25. The van der Waals surface area contributed by atoms with Crippen LogP contribution in [0.5, 0.6) is 0 Å². The molecule has 1 fully saturated rings. The molecule has 1 atom stereocenters. The van der Waals surface area contributed by atoms with Gasteiger partial charge in [-0.2, -0.15) is 0 Å². The lowest BCUT2D eigenvalue weighted by atomic mass is 10.0. The summed E-state index contributed by atoms with van der Waals surface area (Å²) in [5.74, 6) is 0. The van der Waals surface area contributed by atoms with Gasteiger partial charge < -0.3 is 10.9 Å². The van der Waals surface area contributed by atoms with Gasteiger partial charge in [-0.05, 0) is 25.7 Å². The van der Waals surface area contributed by atoms with Crippen LogP contribution in [0.1, 0.15) is 45.4 Å². The molecule has 1 unspecified atom stereocenters. The van der Waals surface area contributed by atoms with Gasteiger partial charge in [0.1, 0.15) is 0 Å². The van der Waals surface area contributed by atoms with Crippen LogP contribution < -0.4 is 6.15 Å². The highest BCUT2D eigenvalue weighted by Gasteiger charge is 2.11. The zero-order chi connectivity index (χ0) is 7.23. The molecule has 1 aliphatic rings. The van der Waals surface area contributed by atoms with Gasteiger partial charge in [0.15, 0.2) is 0 Å². The Morgan fingerprint density at radius 1 is 1.36 bits per heavy atom. The summed E-state index contributed by atoms with van der Waals surface area (Å²) in [7, 11) is 0. The van der Waals surface area contributed by atoms with Crippen molar-refractivity contribution in [2.24, 2.45) is 0 Å². The molecular formula is C9H21NO. The first-order valence-electron chi connectivity index (χ1n) is 4.55. The summed E-state index contributed by atoms with van der Waals surface area (Å²) in [5, 5.41) is 0. The third kappa shape index (κ3) is 4.38. The second-order valence-corrected chi connectivity index (χ2v) is 3.13. The monoisotopic (exact) mass is 159 g/mol. The average Bonchev–Trinajstić information content (AvgIpc) is 2.03. The summed E-state index contributed by atoms with van der Waals surface area (Å²) >= 11 is 0. The van der Waals surface area contributed by atoms with Crippen LogP contribution in [0.25, 0.3) is 0 Å². The first-order valence-corrected chi connectivity index (χ1v) is 4.55. The molecule has 1 saturated heterocycles. The van der Waals surface area contributed by atoms with Crippen molar-refractivity contribution < 1.29 is 4.74 Å². The first kappa shape index (κ1) is 10.9. The molecule has 0 aromatic carbocycles. The highest BCUT2D eigenvalue weighted by Crippen LogP contribution is 2.17. The maximum Gasteiger partial charge on any atom is 0.0575 e. The minimum Gasteiger partial charge on any atom is -0.378 e. The van der Waals surface area contributed by atoms with Crippen LogP contribution in [0.4, 0.5) is 0 Å². The zero-order valence-electron chi connectivity index (χ0n) is 7.64. The van der Waals surface area contributed by atoms with E-state index >= 15 is 0 Å². The van der Waals surface area contributed by atoms with Crippen LogP contribution >= 0.6 is 0 Å². The molecular weight excluding hydrogens is 138 g/mol. The SMILES string of the molecule is CCCCC1CCCCO1.N. The summed E-state index contributed by atoms with van der Waals surface area (Å²) in [6, 6.07) is 0. The lowest BCUT2D eigenvalue weighted by Gasteiger charge is -2.21. The highest BCUT2D eigenvalue weighted by molar-refractivity contribution is 4.62. The van der Waals surface area contributed by atoms with Gasteiger partial charge in [0, 0.05) is 6.61 Å². The quantitative estimate of drug-likeness (QED) is 0.688. The highest BCUT2D eigenvalue weighted by atomic mass is 16.5. The molecule has 1 rings (SSSR count).